The summed E-state index contributed by atoms with van der Waals surface area (Å²) in [6.07, 6.45) is 4.13. The van der Waals surface area contributed by atoms with E-state index in [9.17, 15) is 0 Å². The molecule has 2 nitrogen and oxygen atoms in total. The average Bonchev–Trinajstić information content (AvgIpc) is 2.38. The number of nitrogens with two attached hydrogens (primary N) is 1. The molecular weight excluding hydrogens is 208 g/mol. The Morgan fingerprint density at radius 1 is 1.35 bits per heavy atom. The lowest BCUT2D eigenvalue weighted by Crippen LogP contribution is -2.25. The van der Waals surface area contributed by atoms with E-state index in [1.807, 2.05) is 24.3 Å². The van der Waals surface area contributed by atoms with Gasteiger partial charge in [0.25, 0.3) is 0 Å². The van der Waals surface area contributed by atoms with Gasteiger partial charge in [0.2, 0.25) is 0 Å². The standard InChI is InChI=1S/C15H24N2/c1-3-12-17(4-2)13-8-11-15(16)14-9-6-5-7-10-14/h3,5-7,9-10,15H,1,4,8,11-13,16H2,2H3. The minimum atomic E-state index is 0.165. The van der Waals surface area contributed by atoms with E-state index in [1.165, 1.54) is 5.56 Å². The molecule has 1 atom stereocenters. The highest BCUT2D eigenvalue weighted by atomic mass is 15.1. The van der Waals surface area contributed by atoms with Crippen molar-refractivity contribution in [1.82, 2.24) is 4.90 Å². The van der Waals surface area contributed by atoms with Gasteiger partial charge in [0.05, 0.1) is 0 Å². The van der Waals surface area contributed by atoms with Crippen molar-refractivity contribution in [2.75, 3.05) is 19.6 Å². The first-order chi connectivity index (χ1) is 8.27. The van der Waals surface area contributed by atoms with Crippen LogP contribution in [0.15, 0.2) is 43.0 Å². The molecule has 0 spiro atoms. The van der Waals surface area contributed by atoms with Gasteiger partial charge < -0.3 is 5.73 Å². The average molecular weight is 232 g/mol. The summed E-state index contributed by atoms with van der Waals surface area (Å²) in [6.45, 7) is 9.10. The SMILES string of the molecule is C=CCN(CC)CCCC(N)c1ccccc1. The van der Waals surface area contributed by atoms with Crippen molar-refractivity contribution in [2.45, 2.75) is 25.8 Å². The van der Waals surface area contributed by atoms with E-state index in [1.54, 1.807) is 0 Å². The summed E-state index contributed by atoms with van der Waals surface area (Å²) in [4.78, 5) is 2.38. The normalized spacial score (nSPS) is 12.6. The lowest BCUT2D eigenvalue weighted by Gasteiger charge is -2.19. The summed E-state index contributed by atoms with van der Waals surface area (Å²) in [7, 11) is 0. The minimum Gasteiger partial charge on any atom is -0.324 e. The Hall–Kier alpha value is -1.12. The van der Waals surface area contributed by atoms with Crippen molar-refractivity contribution < 1.29 is 0 Å². The van der Waals surface area contributed by atoms with E-state index < -0.39 is 0 Å². The van der Waals surface area contributed by atoms with Crippen LogP contribution in [0.2, 0.25) is 0 Å². The molecule has 1 aromatic rings. The third-order valence-electron chi connectivity index (χ3n) is 3.05. The van der Waals surface area contributed by atoms with Crippen molar-refractivity contribution >= 4 is 0 Å². The van der Waals surface area contributed by atoms with Crippen LogP contribution in [0.4, 0.5) is 0 Å². The van der Waals surface area contributed by atoms with Crippen LogP contribution in [0.1, 0.15) is 31.4 Å². The van der Waals surface area contributed by atoms with E-state index in [4.69, 9.17) is 5.73 Å². The highest BCUT2D eigenvalue weighted by molar-refractivity contribution is 5.18. The Labute approximate surface area is 105 Å². The largest absolute Gasteiger partial charge is 0.324 e. The summed E-state index contributed by atoms with van der Waals surface area (Å²) in [5, 5.41) is 0. The van der Waals surface area contributed by atoms with Crippen LogP contribution in [0.5, 0.6) is 0 Å². The molecular formula is C15H24N2. The summed E-state index contributed by atoms with van der Waals surface area (Å²) < 4.78 is 0. The molecule has 0 saturated heterocycles. The number of hydrogen-bond acceptors (Lipinski definition) is 2. The van der Waals surface area contributed by atoms with Crippen LogP contribution in [0, 0.1) is 0 Å². The van der Waals surface area contributed by atoms with Crippen LogP contribution in [-0.4, -0.2) is 24.5 Å². The summed E-state index contributed by atoms with van der Waals surface area (Å²) >= 11 is 0. The second-order valence-corrected chi connectivity index (χ2v) is 4.34. The predicted molar refractivity (Wildman–Crippen MR) is 74.9 cm³/mol. The maximum atomic E-state index is 6.16. The first-order valence-corrected chi connectivity index (χ1v) is 6.41. The van der Waals surface area contributed by atoms with Crippen LogP contribution in [0.25, 0.3) is 0 Å². The van der Waals surface area contributed by atoms with E-state index in [0.29, 0.717) is 0 Å². The molecule has 0 radical (unpaired) electrons. The molecule has 0 fully saturated rings. The zero-order chi connectivity index (χ0) is 12.5. The van der Waals surface area contributed by atoms with E-state index >= 15 is 0 Å². The highest BCUT2D eigenvalue weighted by Gasteiger charge is 2.06. The van der Waals surface area contributed by atoms with Crippen LogP contribution in [0.3, 0.4) is 0 Å². The van der Waals surface area contributed by atoms with Gasteiger partial charge in [0.1, 0.15) is 0 Å². The number of nitrogens with zero attached hydrogens (tertiary/aromatic N) is 1. The number of hydrogen-bond donors (Lipinski definition) is 1. The molecule has 0 aliphatic heterocycles. The molecule has 0 aliphatic rings. The van der Waals surface area contributed by atoms with Gasteiger partial charge in [-0.15, -0.1) is 6.58 Å². The zero-order valence-corrected chi connectivity index (χ0v) is 10.8. The Bertz CT molecular complexity index is 308. The summed E-state index contributed by atoms with van der Waals surface area (Å²) in [5.74, 6) is 0. The maximum Gasteiger partial charge on any atom is 0.0295 e. The van der Waals surface area contributed by atoms with Crippen molar-refractivity contribution in [3.05, 3.63) is 48.6 Å². The third kappa shape index (κ3) is 5.16. The Morgan fingerprint density at radius 2 is 2.06 bits per heavy atom. The zero-order valence-electron chi connectivity index (χ0n) is 10.8. The van der Waals surface area contributed by atoms with Gasteiger partial charge in [-0.25, -0.2) is 0 Å². The molecule has 94 valence electrons. The fourth-order valence-corrected chi connectivity index (χ4v) is 1.96. The molecule has 2 heteroatoms. The minimum absolute atomic E-state index is 0.165. The van der Waals surface area contributed by atoms with Gasteiger partial charge >= 0.3 is 0 Å². The van der Waals surface area contributed by atoms with Gasteiger partial charge in [-0.2, -0.15) is 0 Å². The lowest BCUT2D eigenvalue weighted by molar-refractivity contribution is 0.307. The Balaban J connectivity index is 2.28. The Kier molecular flexibility index (Phi) is 6.60. The smallest absolute Gasteiger partial charge is 0.0295 e. The topological polar surface area (TPSA) is 29.3 Å². The van der Waals surface area contributed by atoms with Crippen LogP contribution < -0.4 is 5.73 Å². The van der Waals surface area contributed by atoms with Crippen molar-refractivity contribution in [2.24, 2.45) is 5.73 Å². The molecule has 0 aliphatic carbocycles. The van der Waals surface area contributed by atoms with Gasteiger partial charge in [0, 0.05) is 12.6 Å². The number of likely N-dealkylation sites (N-methyl/N-ethyl adjacent to an activating group) is 1. The van der Waals surface area contributed by atoms with E-state index in [2.05, 4.69) is 30.5 Å². The molecule has 1 unspecified atom stereocenters. The molecule has 0 saturated carbocycles. The lowest BCUT2D eigenvalue weighted by atomic mass is 10.0. The highest BCUT2D eigenvalue weighted by Crippen LogP contribution is 2.15. The van der Waals surface area contributed by atoms with Gasteiger partial charge in [-0.1, -0.05) is 43.3 Å². The van der Waals surface area contributed by atoms with Crippen LogP contribution in [-0.2, 0) is 0 Å². The molecule has 0 aromatic heterocycles. The monoisotopic (exact) mass is 232 g/mol. The van der Waals surface area contributed by atoms with E-state index in [0.717, 1.165) is 32.5 Å². The first kappa shape index (κ1) is 13.9. The quantitative estimate of drug-likeness (QED) is 0.698. The molecule has 0 amide bonds. The molecule has 1 rings (SSSR count). The van der Waals surface area contributed by atoms with Crippen molar-refractivity contribution in [1.29, 1.82) is 0 Å². The molecule has 2 N–H and O–H groups in total. The second kappa shape index (κ2) is 8.04. The Morgan fingerprint density at radius 3 is 2.65 bits per heavy atom. The maximum absolute atomic E-state index is 6.16. The van der Waals surface area contributed by atoms with Crippen molar-refractivity contribution in [3.8, 4) is 0 Å². The third-order valence-corrected chi connectivity index (χ3v) is 3.05. The number of benzene rings is 1. The summed E-state index contributed by atoms with van der Waals surface area (Å²) in [5.41, 5.74) is 7.39. The van der Waals surface area contributed by atoms with Gasteiger partial charge in [-0.3, -0.25) is 4.90 Å². The molecule has 0 bridgehead atoms. The molecule has 0 heterocycles. The fraction of sp³-hybridized carbons (Fsp3) is 0.467. The molecule has 17 heavy (non-hydrogen) atoms. The van der Waals surface area contributed by atoms with Gasteiger partial charge in [-0.05, 0) is 31.5 Å². The van der Waals surface area contributed by atoms with Crippen LogP contribution >= 0.6 is 0 Å². The second-order valence-electron chi connectivity index (χ2n) is 4.34. The number of rotatable bonds is 8. The first-order valence-electron chi connectivity index (χ1n) is 6.41. The molecule has 1 aromatic carbocycles. The van der Waals surface area contributed by atoms with Crippen molar-refractivity contribution in [3.63, 3.8) is 0 Å². The predicted octanol–water partition coefficient (Wildman–Crippen LogP) is 2.97. The summed E-state index contributed by atoms with van der Waals surface area (Å²) in [6, 6.07) is 10.5. The van der Waals surface area contributed by atoms with E-state index in [-0.39, 0.29) is 6.04 Å². The van der Waals surface area contributed by atoms with Gasteiger partial charge in [0.15, 0.2) is 0 Å². The fourth-order valence-electron chi connectivity index (χ4n) is 1.96.